The molecule has 0 bridgehead atoms. The van der Waals surface area contributed by atoms with Crippen LogP contribution in [0.15, 0.2) is 78.0 Å². The van der Waals surface area contributed by atoms with Gasteiger partial charge >= 0.3 is 0 Å². The van der Waals surface area contributed by atoms with Crippen molar-refractivity contribution in [1.82, 2.24) is 9.71 Å². The molecule has 1 atom stereocenters. The van der Waals surface area contributed by atoms with Crippen molar-refractivity contribution < 1.29 is 13.2 Å². The Bertz CT molecular complexity index is 1130. The summed E-state index contributed by atoms with van der Waals surface area (Å²) in [5, 5.41) is 0. The minimum atomic E-state index is -3.67. The van der Waals surface area contributed by atoms with Crippen molar-refractivity contribution in [2.45, 2.75) is 30.8 Å². The van der Waals surface area contributed by atoms with Gasteiger partial charge in [0.1, 0.15) is 0 Å². The lowest BCUT2D eigenvalue weighted by molar-refractivity contribution is 0.0981. The minimum absolute atomic E-state index is 0.0426. The van der Waals surface area contributed by atoms with Gasteiger partial charge in [0.15, 0.2) is 0 Å². The number of aromatic nitrogens is 1. The molecule has 2 heterocycles. The van der Waals surface area contributed by atoms with Gasteiger partial charge in [0.25, 0.3) is 5.91 Å². The van der Waals surface area contributed by atoms with E-state index in [-0.39, 0.29) is 23.4 Å². The number of pyridine rings is 1. The first-order valence-corrected chi connectivity index (χ1v) is 10.8. The highest BCUT2D eigenvalue weighted by atomic mass is 32.2. The second-order valence-electron chi connectivity index (χ2n) is 7.07. The zero-order valence-electron chi connectivity index (χ0n) is 15.9. The first-order chi connectivity index (χ1) is 14.0. The number of benzene rings is 2. The van der Waals surface area contributed by atoms with E-state index in [2.05, 4.69) is 9.71 Å². The van der Waals surface area contributed by atoms with Gasteiger partial charge in [-0.05, 0) is 60.9 Å². The summed E-state index contributed by atoms with van der Waals surface area (Å²) in [5.74, 6) is -0.0813. The van der Waals surface area contributed by atoms with Gasteiger partial charge < -0.3 is 4.90 Å². The highest BCUT2D eigenvalue weighted by Gasteiger charge is 2.32. The number of hydrogen-bond acceptors (Lipinski definition) is 4. The largest absolute Gasteiger partial charge is 0.305 e. The molecule has 0 saturated carbocycles. The second kappa shape index (κ2) is 7.77. The van der Waals surface area contributed by atoms with Crippen molar-refractivity contribution in [2.75, 3.05) is 4.90 Å². The molecule has 0 fully saturated rings. The molecule has 6 nitrogen and oxygen atoms in total. The number of rotatable bonds is 5. The van der Waals surface area contributed by atoms with Crippen LogP contribution in [0.4, 0.5) is 5.69 Å². The van der Waals surface area contributed by atoms with Gasteiger partial charge in [-0.1, -0.05) is 24.3 Å². The van der Waals surface area contributed by atoms with Crippen LogP contribution in [0.5, 0.6) is 0 Å². The van der Waals surface area contributed by atoms with Gasteiger partial charge in [-0.2, -0.15) is 0 Å². The number of carbonyl (C=O) groups is 1. The summed E-state index contributed by atoms with van der Waals surface area (Å²) < 4.78 is 28.0. The van der Waals surface area contributed by atoms with E-state index >= 15 is 0 Å². The Morgan fingerprint density at radius 3 is 2.66 bits per heavy atom. The van der Waals surface area contributed by atoms with E-state index in [0.29, 0.717) is 12.0 Å². The Morgan fingerprint density at radius 2 is 1.93 bits per heavy atom. The van der Waals surface area contributed by atoms with Crippen LogP contribution in [0.25, 0.3) is 0 Å². The number of nitrogens with zero attached hydrogens (tertiary/aromatic N) is 2. The van der Waals surface area contributed by atoms with Crippen molar-refractivity contribution in [2.24, 2.45) is 0 Å². The van der Waals surface area contributed by atoms with Crippen LogP contribution in [0.2, 0.25) is 0 Å². The molecule has 29 heavy (non-hydrogen) atoms. The average Bonchev–Trinajstić information content (AvgIpc) is 3.08. The SMILES string of the molecule is C[C@@H]1Cc2cc(S(=O)(=O)NCc3cccnc3)ccc2N1C(=O)c1ccccc1. The quantitative estimate of drug-likeness (QED) is 0.705. The standard InChI is InChI=1S/C22H21N3O3S/c1-16-12-19-13-20(29(27,28)24-15-17-6-5-11-23-14-17)9-10-21(19)25(16)22(26)18-7-3-2-4-8-18/h2-11,13-14,16,24H,12,15H2,1H3/t16-/m1/s1. The van der Waals surface area contributed by atoms with Gasteiger partial charge in [0.2, 0.25) is 10.0 Å². The fraction of sp³-hybridized carbons (Fsp3) is 0.182. The highest BCUT2D eigenvalue weighted by Crippen LogP contribution is 2.35. The molecule has 1 aliphatic rings. The van der Waals surface area contributed by atoms with E-state index in [1.807, 2.05) is 31.2 Å². The van der Waals surface area contributed by atoms with Gasteiger partial charge in [-0.25, -0.2) is 13.1 Å². The van der Waals surface area contributed by atoms with Crippen LogP contribution in [0.3, 0.4) is 0 Å². The molecule has 1 N–H and O–H groups in total. The summed E-state index contributed by atoms with van der Waals surface area (Å²) in [6.07, 6.45) is 3.88. The smallest absolute Gasteiger partial charge is 0.258 e. The van der Waals surface area contributed by atoms with E-state index in [0.717, 1.165) is 16.8 Å². The molecule has 0 unspecified atom stereocenters. The lowest BCUT2D eigenvalue weighted by Gasteiger charge is -2.23. The number of sulfonamides is 1. The van der Waals surface area contributed by atoms with E-state index in [1.165, 1.54) is 0 Å². The number of nitrogens with one attached hydrogen (secondary N) is 1. The third kappa shape index (κ3) is 3.92. The number of carbonyl (C=O) groups excluding carboxylic acids is 1. The molecule has 148 valence electrons. The molecule has 4 rings (SSSR count). The van der Waals surface area contributed by atoms with Gasteiger partial charge in [-0.15, -0.1) is 0 Å². The van der Waals surface area contributed by atoms with Crippen molar-refractivity contribution in [1.29, 1.82) is 0 Å². The molecule has 1 aromatic heterocycles. The van der Waals surface area contributed by atoms with Crippen LogP contribution in [0.1, 0.15) is 28.4 Å². The summed E-state index contributed by atoms with van der Waals surface area (Å²) in [7, 11) is -3.67. The molecular formula is C22H21N3O3S. The molecule has 7 heteroatoms. The Labute approximate surface area is 170 Å². The molecule has 0 aliphatic carbocycles. The molecule has 0 radical (unpaired) electrons. The van der Waals surface area contributed by atoms with Crippen LogP contribution in [-0.2, 0) is 23.0 Å². The zero-order valence-corrected chi connectivity index (χ0v) is 16.8. The Balaban J connectivity index is 1.58. The van der Waals surface area contributed by atoms with Gasteiger partial charge in [-0.3, -0.25) is 9.78 Å². The predicted molar refractivity (Wildman–Crippen MR) is 111 cm³/mol. The normalized spacial score (nSPS) is 15.9. The topological polar surface area (TPSA) is 79.4 Å². The number of anilines is 1. The van der Waals surface area contributed by atoms with Crippen LogP contribution in [-0.4, -0.2) is 25.4 Å². The van der Waals surface area contributed by atoms with E-state index in [1.54, 1.807) is 53.7 Å². The molecular weight excluding hydrogens is 386 g/mol. The number of fused-ring (bicyclic) bond motifs is 1. The molecule has 2 aromatic carbocycles. The van der Waals surface area contributed by atoms with Crippen LogP contribution >= 0.6 is 0 Å². The molecule has 3 aromatic rings. The third-order valence-electron chi connectivity index (χ3n) is 5.01. The lowest BCUT2D eigenvalue weighted by atomic mass is 10.1. The Morgan fingerprint density at radius 1 is 1.14 bits per heavy atom. The predicted octanol–water partition coefficient (Wildman–Crippen LogP) is 3.15. The van der Waals surface area contributed by atoms with Crippen LogP contribution in [0, 0.1) is 0 Å². The fourth-order valence-corrected chi connectivity index (χ4v) is 4.64. The Kier molecular flexibility index (Phi) is 5.17. The van der Waals surface area contributed by atoms with Crippen molar-refractivity contribution in [3.8, 4) is 0 Å². The molecule has 1 aliphatic heterocycles. The second-order valence-corrected chi connectivity index (χ2v) is 8.84. The van der Waals surface area contributed by atoms with Crippen molar-refractivity contribution in [3.63, 3.8) is 0 Å². The van der Waals surface area contributed by atoms with E-state index in [4.69, 9.17) is 0 Å². The van der Waals surface area contributed by atoms with E-state index in [9.17, 15) is 13.2 Å². The molecule has 1 amide bonds. The monoisotopic (exact) mass is 407 g/mol. The van der Waals surface area contributed by atoms with Gasteiger partial charge in [0.05, 0.1) is 4.90 Å². The summed E-state index contributed by atoms with van der Waals surface area (Å²) in [6, 6.07) is 17.6. The number of hydrogen-bond donors (Lipinski definition) is 1. The van der Waals surface area contributed by atoms with Crippen molar-refractivity contribution >= 4 is 21.6 Å². The van der Waals surface area contributed by atoms with Crippen molar-refractivity contribution in [3.05, 3.63) is 89.7 Å². The summed E-state index contributed by atoms with van der Waals surface area (Å²) in [5.41, 5.74) is 3.01. The maximum Gasteiger partial charge on any atom is 0.258 e. The maximum absolute atomic E-state index is 13.0. The van der Waals surface area contributed by atoms with E-state index < -0.39 is 10.0 Å². The molecule has 0 spiro atoms. The van der Waals surface area contributed by atoms with Gasteiger partial charge in [0, 0.05) is 36.2 Å². The maximum atomic E-state index is 13.0. The molecule has 0 saturated heterocycles. The number of amides is 1. The Hall–Kier alpha value is -3.03. The first kappa shape index (κ1) is 19.3. The fourth-order valence-electron chi connectivity index (χ4n) is 3.57. The average molecular weight is 407 g/mol. The lowest BCUT2D eigenvalue weighted by Crippen LogP contribution is -2.35. The third-order valence-corrected chi connectivity index (χ3v) is 6.40. The summed E-state index contributed by atoms with van der Waals surface area (Å²) in [6.45, 7) is 2.14. The first-order valence-electron chi connectivity index (χ1n) is 9.36. The zero-order chi connectivity index (χ0) is 20.4. The summed E-state index contributed by atoms with van der Waals surface area (Å²) in [4.78, 5) is 18.9. The van der Waals surface area contributed by atoms with Crippen LogP contribution < -0.4 is 9.62 Å². The minimum Gasteiger partial charge on any atom is -0.305 e. The highest BCUT2D eigenvalue weighted by molar-refractivity contribution is 7.89. The summed E-state index contributed by atoms with van der Waals surface area (Å²) >= 11 is 0.